The molecule has 0 aliphatic heterocycles. The Kier molecular flexibility index (Phi) is 8.80. The van der Waals surface area contributed by atoms with E-state index in [9.17, 15) is 52.7 Å². The highest BCUT2D eigenvalue weighted by atomic mass is 19.4. The monoisotopic (exact) mass is 636 g/mol. The number of allylic oxidation sites excluding steroid dienone is 22. The molecule has 12 heteroatoms. The van der Waals surface area contributed by atoms with E-state index >= 15 is 0 Å². The summed E-state index contributed by atoms with van der Waals surface area (Å²) in [5.74, 6) is 0. The van der Waals surface area contributed by atoms with Gasteiger partial charge in [-0.15, -0.1) is 0 Å². The van der Waals surface area contributed by atoms with Crippen LogP contribution in [0.15, 0.2) is 128 Å². The summed E-state index contributed by atoms with van der Waals surface area (Å²) in [6.07, 6.45) is -12.9. The minimum absolute atomic E-state index is 0.0293. The Morgan fingerprint density at radius 1 is 0.477 bits per heavy atom. The van der Waals surface area contributed by atoms with E-state index in [1.165, 1.54) is 25.2 Å². The first-order valence-corrected chi connectivity index (χ1v) is 13.2. The SMILES string of the molecule is CC1=CC=CC(/C(=C(/C2=CC=C(C3=CC=C(/C(=C(/C4=CC=C(C)C4)C(F)(F)F)C(F)(F)F)C3)C2)C(F)(F)F)C(F)(F)F)=CC1. The van der Waals surface area contributed by atoms with E-state index in [2.05, 4.69) is 0 Å². The maximum Gasteiger partial charge on any atom is 0.417 e. The van der Waals surface area contributed by atoms with Crippen LogP contribution in [-0.2, 0) is 0 Å². The van der Waals surface area contributed by atoms with Gasteiger partial charge in [-0.1, -0.05) is 71.9 Å². The molecule has 0 heterocycles. The summed E-state index contributed by atoms with van der Waals surface area (Å²) in [6, 6.07) is 0. The molecule has 0 aromatic rings. The Balaban J connectivity index is 1.68. The number of alkyl halides is 12. The third-order valence-corrected chi connectivity index (χ3v) is 7.37. The molecule has 0 nitrogen and oxygen atoms in total. The van der Waals surface area contributed by atoms with Crippen LogP contribution in [0.2, 0.25) is 0 Å². The van der Waals surface area contributed by atoms with Crippen molar-refractivity contribution in [3.63, 3.8) is 0 Å². The predicted octanol–water partition coefficient (Wildman–Crippen LogP) is 11.5. The zero-order valence-corrected chi connectivity index (χ0v) is 23.1. The van der Waals surface area contributed by atoms with Gasteiger partial charge in [0.2, 0.25) is 0 Å². The lowest BCUT2D eigenvalue weighted by atomic mass is 9.88. The summed E-state index contributed by atoms with van der Waals surface area (Å²) in [6.45, 7) is 3.06. The fourth-order valence-corrected chi connectivity index (χ4v) is 5.48. The smallest absolute Gasteiger partial charge is 0.166 e. The molecule has 0 atom stereocenters. The van der Waals surface area contributed by atoms with Gasteiger partial charge in [0, 0.05) is 0 Å². The first-order chi connectivity index (χ1) is 20.2. The molecule has 236 valence electrons. The Hall–Kier alpha value is -3.70. The highest BCUT2D eigenvalue weighted by Gasteiger charge is 2.50. The van der Waals surface area contributed by atoms with Gasteiger partial charge < -0.3 is 0 Å². The van der Waals surface area contributed by atoms with E-state index in [0.717, 1.165) is 42.5 Å². The maximum absolute atomic E-state index is 14.3. The molecule has 0 radical (unpaired) electrons. The van der Waals surface area contributed by atoms with Crippen molar-refractivity contribution in [2.24, 2.45) is 0 Å². The second-order valence-electron chi connectivity index (χ2n) is 10.7. The number of rotatable bonds is 5. The van der Waals surface area contributed by atoms with Crippen molar-refractivity contribution in [2.45, 2.75) is 64.2 Å². The standard InChI is InChI=1S/C32H24F12/c1-17-4-3-5-19(8-6-17)25(29(33,34)35)27(31(39,40)41)23-12-10-20(15-23)21-11-13-24(16-21)28(32(42,43)44)26(30(36,37)38)22-9-7-18(2)14-22/h3-5,7-13H,6,14-16H2,1-2H3/b27-25+,28-26+. The van der Waals surface area contributed by atoms with Crippen LogP contribution in [0, 0.1) is 0 Å². The van der Waals surface area contributed by atoms with Crippen LogP contribution in [0.5, 0.6) is 0 Å². The fourth-order valence-electron chi connectivity index (χ4n) is 5.48. The van der Waals surface area contributed by atoms with Crippen LogP contribution in [0.3, 0.4) is 0 Å². The molecule has 0 saturated heterocycles. The summed E-state index contributed by atoms with van der Waals surface area (Å²) in [5.41, 5.74) is -9.44. The molecule has 4 aliphatic rings. The van der Waals surface area contributed by atoms with Crippen LogP contribution >= 0.6 is 0 Å². The second kappa shape index (κ2) is 11.7. The van der Waals surface area contributed by atoms with Gasteiger partial charge in [0.1, 0.15) is 0 Å². The lowest BCUT2D eigenvalue weighted by Crippen LogP contribution is -2.25. The Morgan fingerprint density at radius 2 is 0.886 bits per heavy atom. The average Bonchev–Trinajstić information content (AvgIpc) is 3.58. The molecule has 4 aliphatic carbocycles. The molecule has 0 N–H and O–H groups in total. The summed E-state index contributed by atoms with van der Waals surface area (Å²) in [4.78, 5) is 0. The minimum Gasteiger partial charge on any atom is -0.166 e. The molecule has 4 rings (SSSR count). The van der Waals surface area contributed by atoms with Crippen LogP contribution in [-0.4, -0.2) is 24.7 Å². The molecular weight excluding hydrogens is 612 g/mol. The van der Waals surface area contributed by atoms with Crippen molar-refractivity contribution in [3.05, 3.63) is 128 Å². The quantitative estimate of drug-likeness (QED) is 0.264. The van der Waals surface area contributed by atoms with E-state index < -0.39 is 82.1 Å². The van der Waals surface area contributed by atoms with Gasteiger partial charge in [-0.3, -0.25) is 0 Å². The molecule has 0 amide bonds. The minimum atomic E-state index is -5.47. The van der Waals surface area contributed by atoms with Crippen LogP contribution in [0.25, 0.3) is 0 Å². The van der Waals surface area contributed by atoms with Crippen molar-refractivity contribution in [2.75, 3.05) is 0 Å². The number of hydrogen-bond donors (Lipinski definition) is 0. The first kappa shape index (κ1) is 33.2. The topological polar surface area (TPSA) is 0 Å². The Labute approximate surface area is 244 Å². The van der Waals surface area contributed by atoms with Crippen molar-refractivity contribution < 1.29 is 52.7 Å². The zero-order valence-electron chi connectivity index (χ0n) is 23.1. The molecule has 0 saturated carbocycles. The highest BCUT2D eigenvalue weighted by molar-refractivity contribution is 5.63. The molecule has 0 bridgehead atoms. The number of hydrogen-bond acceptors (Lipinski definition) is 0. The molecule has 44 heavy (non-hydrogen) atoms. The normalized spacial score (nSPS) is 21.0. The summed E-state index contributed by atoms with van der Waals surface area (Å²) >= 11 is 0. The Morgan fingerprint density at radius 3 is 1.30 bits per heavy atom. The van der Waals surface area contributed by atoms with Crippen LogP contribution in [0.4, 0.5) is 52.7 Å². The van der Waals surface area contributed by atoms with Crippen molar-refractivity contribution in [3.8, 4) is 0 Å². The van der Waals surface area contributed by atoms with Crippen molar-refractivity contribution in [1.82, 2.24) is 0 Å². The van der Waals surface area contributed by atoms with Gasteiger partial charge in [0.05, 0.1) is 22.3 Å². The lowest BCUT2D eigenvalue weighted by molar-refractivity contribution is -0.112. The summed E-state index contributed by atoms with van der Waals surface area (Å²) in [7, 11) is 0. The maximum atomic E-state index is 14.3. The zero-order chi connectivity index (χ0) is 32.8. The third kappa shape index (κ3) is 7.15. The van der Waals surface area contributed by atoms with Crippen LogP contribution < -0.4 is 0 Å². The molecule has 0 aromatic heterocycles. The van der Waals surface area contributed by atoms with E-state index in [4.69, 9.17) is 0 Å². The van der Waals surface area contributed by atoms with E-state index in [0.29, 0.717) is 11.1 Å². The Bertz CT molecular complexity index is 1570. The van der Waals surface area contributed by atoms with Crippen molar-refractivity contribution >= 4 is 0 Å². The summed E-state index contributed by atoms with van der Waals surface area (Å²) < 4.78 is 170. The molecule has 0 fully saturated rings. The largest absolute Gasteiger partial charge is 0.417 e. The fraction of sp³-hybridized carbons (Fsp3) is 0.312. The van der Waals surface area contributed by atoms with Gasteiger partial charge >= 0.3 is 24.7 Å². The van der Waals surface area contributed by atoms with Gasteiger partial charge in [-0.25, -0.2) is 0 Å². The van der Waals surface area contributed by atoms with E-state index in [1.54, 1.807) is 6.92 Å². The molecule has 0 spiro atoms. The first-order valence-electron chi connectivity index (χ1n) is 13.2. The van der Waals surface area contributed by atoms with E-state index in [1.807, 2.05) is 0 Å². The third-order valence-electron chi connectivity index (χ3n) is 7.37. The van der Waals surface area contributed by atoms with Gasteiger partial charge in [-0.2, -0.15) is 52.7 Å². The second-order valence-corrected chi connectivity index (χ2v) is 10.7. The lowest BCUT2D eigenvalue weighted by Gasteiger charge is -2.23. The van der Waals surface area contributed by atoms with Gasteiger partial charge in [0.15, 0.2) is 0 Å². The number of halogens is 12. The molecule has 0 aromatic carbocycles. The van der Waals surface area contributed by atoms with Gasteiger partial charge in [0.25, 0.3) is 0 Å². The average molecular weight is 637 g/mol. The highest BCUT2D eigenvalue weighted by Crippen LogP contribution is 2.50. The van der Waals surface area contributed by atoms with Crippen LogP contribution in [0.1, 0.15) is 39.5 Å². The predicted molar refractivity (Wildman–Crippen MR) is 142 cm³/mol. The van der Waals surface area contributed by atoms with Gasteiger partial charge in [-0.05, 0) is 73.0 Å². The van der Waals surface area contributed by atoms with E-state index in [-0.39, 0.29) is 24.0 Å². The summed E-state index contributed by atoms with van der Waals surface area (Å²) in [5, 5.41) is 0. The molecular formula is C32H24F12. The molecule has 0 unspecified atom stereocenters. The van der Waals surface area contributed by atoms with Crippen molar-refractivity contribution in [1.29, 1.82) is 0 Å².